The summed E-state index contributed by atoms with van der Waals surface area (Å²) in [6.45, 7) is 3.22. The molecule has 3 aromatic carbocycles. The van der Waals surface area contributed by atoms with Crippen molar-refractivity contribution in [3.05, 3.63) is 70.2 Å². The summed E-state index contributed by atoms with van der Waals surface area (Å²) >= 11 is 7.41. The van der Waals surface area contributed by atoms with Crippen LogP contribution in [-0.4, -0.2) is 57.3 Å². The Balaban J connectivity index is 1.31. The number of sulfonamides is 1. The number of thiophene rings is 1. The fraction of sp³-hybridized carbons (Fsp3) is 0.355. The van der Waals surface area contributed by atoms with Crippen LogP contribution in [0.2, 0.25) is 5.02 Å². The number of hydrogen-bond donors (Lipinski definition) is 0. The number of amides is 1. The number of ketones is 1. The summed E-state index contributed by atoms with van der Waals surface area (Å²) in [5, 5.41) is 3.09. The first-order valence-corrected chi connectivity index (χ1v) is 16.4. The lowest BCUT2D eigenvalue weighted by atomic mass is 9.93. The van der Waals surface area contributed by atoms with E-state index >= 15 is 0 Å². The van der Waals surface area contributed by atoms with Crippen LogP contribution in [0.1, 0.15) is 47.2 Å². The second-order valence-corrected chi connectivity index (χ2v) is 14.3. The minimum absolute atomic E-state index is 0.0466. The van der Waals surface area contributed by atoms with Crippen molar-refractivity contribution in [2.45, 2.75) is 49.3 Å². The molecule has 1 fully saturated rings. The van der Waals surface area contributed by atoms with Gasteiger partial charge in [-0.2, -0.15) is 4.31 Å². The molecule has 0 spiro atoms. The first kappa shape index (κ1) is 28.3. The third kappa shape index (κ3) is 4.87. The highest BCUT2D eigenvalue weighted by Gasteiger charge is 2.39. The van der Waals surface area contributed by atoms with Crippen molar-refractivity contribution in [1.29, 1.82) is 0 Å². The van der Waals surface area contributed by atoms with Gasteiger partial charge in [0.05, 0.1) is 11.7 Å². The average Bonchev–Trinajstić information content (AvgIpc) is 3.45. The standard InChI is InChI=1S/C31H31ClN2O5S2/c1-19-24-18-21(32)11-13-28(24)40-31(19)41(37,38)34-15-4-3-9-25(34)27(35)17-20-10-12-26-29-22(20)7-5-8-23(29)30(36)33(26)14-6-16-39-2/h5,7-8,10-13,18,25H,3-4,6,9,14-17H2,1-2H3. The molecule has 1 saturated heterocycles. The summed E-state index contributed by atoms with van der Waals surface area (Å²) in [4.78, 5) is 28.8. The van der Waals surface area contributed by atoms with E-state index in [1.165, 1.54) is 15.6 Å². The number of carbonyl (C=O) groups is 2. The van der Waals surface area contributed by atoms with Gasteiger partial charge < -0.3 is 9.64 Å². The number of methoxy groups -OCH3 is 1. The van der Waals surface area contributed by atoms with Crippen LogP contribution in [0.5, 0.6) is 0 Å². The number of halogens is 1. The van der Waals surface area contributed by atoms with E-state index in [4.69, 9.17) is 16.3 Å². The van der Waals surface area contributed by atoms with Crippen molar-refractivity contribution in [1.82, 2.24) is 4.31 Å². The molecule has 1 aromatic heterocycles. The predicted molar refractivity (Wildman–Crippen MR) is 164 cm³/mol. The minimum Gasteiger partial charge on any atom is -0.385 e. The molecule has 6 rings (SSSR count). The zero-order valence-corrected chi connectivity index (χ0v) is 25.4. The quantitative estimate of drug-likeness (QED) is 0.206. The van der Waals surface area contributed by atoms with Crippen LogP contribution in [0.3, 0.4) is 0 Å². The summed E-state index contributed by atoms with van der Waals surface area (Å²) in [6.07, 6.45) is 2.80. The molecular formula is C31H31ClN2O5S2. The summed E-state index contributed by atoms with van der Waals surface area (Å²) < 4.78 is 35.7. The van der Waals surface area contributed by atoms with Gasteiger partial charge in [-0.25, -0.2) is 8.42 Å². The van der Waals surface area contributed by atoms with E-state index in [2.05, 4.69) is 0 Å². The van der Waals surface area contributed by atoms with Crippen LogP contribution >= 0.6 is 22.9 Å². The number of benzene rings is 3. The first-order valence-electron chi connectivity index (χ1n) is 13.8. The molecule has 2 aliphatic rings. The van der Waals surface area contributed by atoms with Gasteiger partial charge in [0.25, 0.3) is 15.9 Å². The smallest absolute Gasteiger partial charge is 0.258 e. The van der Waals surface area contributed by atoms with Crippen molar-refractivity contribution in [3.63, 3.8) is 0 Å². The number of carbonyl (C=O) groups excluding carboxylic acids is 2. The van der Waals surface area contributed by atoms with E-state index in [1.54, 1.807) is 31.1 Å². The maximum absolute atomic E-state index is 14.0. The zero-order chi connectivity index (χ0) is 28.9. The first-order chi connectivity index (χ1) is 19.7. The molecule has 1 amide bonds. The molecule has 4 aromatic rings. The molecule has 214 valence electrons. The molecule has 7 nitrogen and oxygen atoms in total. The molecule has 41 heavy (non-hydrogen) atoms. The number of rotatable bonds is 9. The monoisotopic (exact) mass is 610 g/mol. The van der Waals surface area contributed by atoms with Crippen LogP contribution in [0, 0.1) is 6.92 Å². The zero-order valence-electron chi connectivity index (χ0n) is 23.0. The van der Waals surface area contributed by atoms with E-state index in [0.717, 1.165) is 45.0 Å². The van der Waals surface area contributed by atoms with Gasteiger partial charge in [0.1, 0.15) is 4.21 Å². The van der Waals surface area contributed by atoms with Crippen molar-refractivity contribution < 1.29 is 22.7 Å². The van der Waals surface area contributed by atoms with E-state index in [1.807, 2.05) is 36.4 Å². The number of piperidine rings is 1. The Kier molecular flexibility index (Phi) is 7.67. The third-order valence-electron chi connectivity index (χ3n) is 8.19. The normalized spacial score (nSPS) is 17.7. The largest absolute Gasteiger partial charge is 0.385 e. The Morgan fingerprint density at radius 2 is 1.95 bits per heavy atom. The fourth-order valence-corrected chi connectivity index (χ4v) is 9.90. The van der Waals surface area contributed by atoms with Crippen LogP contribution in [0.15, 0.2) is 52.7 Å². The molecule has 0 N–H and O–H groups in total. The predicted octanol–water partition coefficient (Wildman–Crippen LogP) is 6.37. The van der Waals surface area contributed by atoms with Gasteiger partial charge in [-0.1, -0.05) is 36.2 Å². The summed E-state index contributed by atoms with van der Waals surface area (Å²) in [6, 6.07) is 14.1. The van der Waals surface area contributed by atoms with Gasteiger partial charge >= 0.3 is 0 Å². The lowest BCUT2D eigenvalue weighted by Crippen LogP contribution is -2.48. The van der Waals surface area contributed by atoms with Crippen LogP contribution in [0.25, 0.3) is 20.9 Å². The lowest BCUT2D eigenvalue weighted by molar-refractivity contribution is -0.122. The number of ether oxygens (including phenoxy) is 1. The van der Waals surface area contributed by atoms with Crippen LogP contribution < -0.4 is 4.90 Å². The Morgan fingerprint density at radius 1 is 1.12 bits per heavy atom. The number of nitrogens with zero attached hydrogens (tertiary/aromatic N) is 2. The SMILES string of the molecule is COCCCN1C(=O)c2cccc3c(CC(=O)C4CCCCN4S(=O)(=O)c4sc5ccc(Cl)cc5c4C)ccc1c23. The molecule has 3 heterocycles. The van der Waals surface area contributed by atoms with E-state index < -0.39 is 16.1 Å². The number of hydrogen-bond acceptors (Lipinski definition) is 6. The van der Waals surface area contributed by atoms with Crippen molar-refractivity contribution in [2.75, 3.05) is 31.7 Å². The summed E-state index contributed by atoms with van der Waals surface area (Å²) in [5.41, 5.74) is 2.94. The Labute approximate surface area is 248 Å². The Hall–Kier alpha value is -2.82. The van der Waals surface area contributed by atoms with Crippen LogP contribution in [0.4, 0.5) is 5.69 Å². The number of Topliss-reactive ketones (excluding diaryl/α,β-unsaturated/α-hetero) is 1. The Morgan fingerprint density at radius 3 is 2.76 bits per heavy atom. The summed E-state index contributed by atoms with van der Waals surface area (Å²) in [7, 11) is -2.26. The molecule has 1 unspecified atom stereocenters. The second-order valence-electron chi connectivity index (χ2n) is 10.7. The number of aryl methyl sites for hydroxylation is 1. The summed E-state index contributed by atoms with van der Waals surface area (Å²) in [5.74, 6) is -0.174. The number of fused-ring (bicyclic) bond motifs is 1. The molecule has 2 aliphatic heterocycles. The maximum Gasteiger partial charge on any atom is 0.258 e. The molecular weight excluding hydrogens is 580 g/mol. The molecule has 10 heteroatoms. The Bertz CT molecular complexity index is 1800. The fourth-order valence-electron chi connectivity index (χ4n) is 6.19. The molecule has 0 radical (unpaired) electrons. The molecule has 0 aliphatic carbocycles. The third-order valence-corrected chi connectivity index (χ3v) is 12.2. The maximum atomic E-state index is 14.0. The minimum atomic E-state index is -3.90. The van der Waals surface area contributed by atoms with Crippen molar-refractivity contribution >= 4 is 71.2 Å². The van der Waals surface area contributed by atoms with Crippen molar-refractivity contribution in [2.24, 2.45) is 0 Å². The lowest BCUT2D eigenvalue weighted by Gasteiger charge is -2.33. The van der Waals surface area contributed by atoms with Gasteiger partial charge in [0.2, 0.25) is 0 Å². The van der Waals surface area contributed by atoms with Crippen molar-refractivity contribution in [3.8, 4) is 0 Å². The second kappa shape index (κ2) is 11.1. The van der Waals surface area contributed by atoms with Crippen LogP contribution in [-0.2, 0) is 26.0 Å². The molecule has 1 atom stereocenters. The van der Waals surface area contributed by atoms with Gasteiger partial charge in [-0.15, -0.1) is 11.3 Å². The highest BCUT2D eigenvalue weighted by atomic mass is 35.5. The highest BCUT2D eigenvalue weighted by Crippen LogP contribution is 2.41. The van der Waals surface area contributed by atoms with E-state index in [9.17, 15) is 18.0 Å². The van der Waals surface area contributed by atoms with E-state index in [0.29, 0.717) is 48.7 Å². The molecule has 0 saturated carbocycles. The van der Waals surface area contributed by atoms with Gasteiger partial charge in [0, 0.05) is 53.9 Å². The van der Waals surface area contributed by atoms with Gasteiger partial charge in [-0.3, -0.25) is 9.59 Å². The highest BCUT2D eigenvalue weighted by molar-refractivity contribution is 7.91. The van der Waals surface area contributed by atoms with E-state index in [-0.39, 0.29) is 22.3 Å². The molecule has 0 bridgehead atoms. The topological polar surface area (TPSA) is 84.0 Å². The average molecular weight is 611 g/mol. The van der Waals surface area contributed by atoms with Gasteiger partial charge in [-0.05, 0) is 78.4 Å². The van der Waals surface area contributed by atoms with Gasteiger partial charge in [0.15, 0.2) is 5.78 Å². The number of anilines is 1.